The Bertz CT molecular complexity index is 705. The number of unbranched alkanes of at least 4 members (excludes halogenated alkanes) is 5. The lowest BCUT2D eigenvalue weighted by molar-refractivity contribution is -0.0128. The average Bonchev–Trinajstić information content (AvgIpc) is 3.12. The van der Waals surface area contributed by atoms with Gasteiger partial charge in [0.2, 0.25) is 0 Å². The van der Waals surface area contributed by atoms with E-state index >= 15 is 0 Å². The molecule has 0 bridgehead atoms. The van der Waals surface area contributed by atoms with Gasteiger partial charge in [0.05, 0.1) is 12.7 Å². The molecule has 3 nitrogen and oxygen atoms in total. The maximum atomic E-state index is 9.81. The summed E-state index contributed by atoms with van der Waals surface area (Å²) in [4.78, 5) is 2.56. The first kappa shape index (κ1) is 24.0. The largest absolute Gasteiger partial charge is 0.396 e. The molecule has 1 N–H and O–H groups in total. The van der Waals surface area contributed by atoms with Crippen LogP contribution >= 0.6 is 0 Å². The van der Waals surface area contributed by atoms with E-state index in [9.17, 15) is 5.11 Å². The Hall–Kier alpha value is -1.68. The number of aliphatic hydroxyl groups is 1. The lowest BCUT2D eigenvalue weighted by Crippen LogP contribution is -2.37. The lowest BCUT2D eigenvalue weighted by atomic mass is 9.93. The summed E-state index contributed by atoms with van der Waals surface area (Å²) >= 11 is 0. The van der Waals surface area contributed by atoms with Gasteiger partial charge in [-0.1, -0.05) is 106 Å². The highest BCUT2D eigenvalue weighted by atomic mass is 16.5. The molecule has 0 amide bonds. The van der Waals surface area contributed by atoms with Gasteiger partial charge in [-0.3, -0.25) is 4.90 Å². The zero-order valence-corrected chi connectivity index (χ0v) is 19.3. The number of nitrogens with zero attached hydrogens (tertiary/aromatic N) is 1. The summed E-state index contributed by atoms with van der Waals surface area (Å²) in [5.74, 6) is 0.537. The first-order valence-electron chi connectivity index (χ1n) is 12.4. The summed E-state index contributed by atoms with van der Waals surface area (Å²) in [6, 6.07) is 21.5. The predicted octanol–water partition coefficient (Wildman–Crippen LogP) is 6.21. The number of benzene rings is 2. The molecule has 1 saturated heterocycles. The Morgan fingerprint density at radius 1 is 0.839 bits per heavy atom. The molecule has 1 aliphatic heterocycles. The van der Waals surface area contributed by atoms with E-state index in [0.717, 1.165) is 19.5 Å². The first-order chi connectivity index (χ1) is 15.3. The van der Waals surface area contributed by atoms with Gasteiger partial charge >= 0.3 is 0 Å². The van der Waals surface area contributed by atoms with Gasteiger partial charge in [0.15, 0.2) is 0 Å². The van der Waals surface area contributed by atoms with Gasteiger partial charge in [-0.05, 0) is 29.9 Å². The molecule has 0 saturated carbocycles. The second-order valence-corrected chi connectivity index (χ2v) is 9.07. The number of aliphatic hydroxyl groups excluding tert-OH is 1. The SMILES string of the molecule is CCCCCCCC[C@H]1CN(Cc2ccccc2)[C@@H](CCO)[C@@H]1OCc1ccccc1. The average molecular weight is 424 g/mol. The number of hydrogen-bond donors (Lipinski definition) is 1. The molecule has 0 unspecified atom stereocenters. The van der Waals surface area contributed by atoms with E-state index in [-0.39, 0.29) is 18.8 Å². The molecule has 3 rings (SSSR count). The second kappa shape index (κ2) is 13.7. The summed E-state index contributed by atoms with van der Waals surface area (Å²) in [5, 5.41) is 9.81. The van der Waals surface area contributed by atoms with Gasteiger partial charge in [-0.2, -0.15) is 0 Å². The normalized spacial score (nSPS) is 21.5. The van der Waals surface area contributed by atoms with Crippen LogP contribution in [0.3, 0.4) is 0 Å². The molecule has 2 aromatic carbocycles. The first-order valence-corrected chi connectivity index (χ1v) is 12.4. The number of rotatable bonds is 14. The highest BCUT2D eigenvalue weighted by molar-refractivity contribution is 5.16. The molecule has 2 aromatic rings. The molecule has 31 heavy (non-hydrogen) atoms. The third-order valence-corrected chi connectivity index (χ3v) is 6.65. The Labute approximate surface area is 189 Å². The summed E-state index contributed by atoms with van der Waals surface area (Å²) in [7, 11) is 0. The van der Waals surface area contributed by atoms with Crippen LogP contribution in [0.1, 0.15) is 69.4 Å². The third-order valence-electron chi connectivity index (χ3n) is 6.65. The van der Waals surface area contributed by atoms with Crippen molar-refractivity contribution in [3.8, 4) is 0 Å². The van der Waals surface area contributed by atoms with E-state index in [0.29, 0.717) is 12.5 Å². The van der Waals surface area contributed by atoms with Crippen molar-refractivity contribution >= 4 is 0 Å². The Morgan fingerprint density at radius 2 is 1.48 bits per heavy atom. The van der Waals surface area contributed by atoms with Gasteiger partial charge in [0, 0.05) is 25.7 Å². The topological polar surface area (TPSA) is 32.7 Å². The molecular formula is C28H41NO2. The highest BCUT2D eigenvalue weighted by Gasteiger charge is 2.41. The summed E-state index contributed by atoms with van der Waals surface area (Å²) < 4.78 is 6.58. The van der Waals surface area contributed by atoms with Crippen LogP contribution in [-0.4, -0.2) is 35.3 Å². The molecule has 0 aliphatic carbocycles. The third kappa shape index (κ3) is 7.75. The van der Waals surface area contributed by atoms with Crippen molar-refractivity contribution in [2.45, 2.75) is 83.6 Å². The minimum absolute atomic E-state index is 0.187. The van der Waals surface area contributed by atoms with Crippen LogP contribution in [0, 0.1) is 5.92 Å². The number of hydrogen-bond acceptors (Lipinski definition) is 3. The molecule has 0 aromatic heterocycles. The summed E-state index contributed by atoms with van der Waals surface area (Å²) in [5.41, 5.74) is 2.57. The van der Waals surface area contributed by atoms with E-state index in [1.807, 2.05) is 0 Å². The maximum absolute atomic E-state index is 9.81. The zero-order valence-electron chi connectivity index (χ0n) is 19.3. The van der Waals surface area contributed by atoms with Crippen molar-refractivity contribution in [1.29, 1.82) is 0 Å². The summed E-state index contributed by atoms with van der Waals surface area (Å²) in [6.45, 7) is 5.14. The van der Waals surface area contributed by atoms with Crippen molar-refractivity contribution in [1.82, 2.24) is 4.90 Å². The van der Waals surface area contributed by atoms with Crippen LogP contribution in [-0.2, 0) is 17.9 Å². The lowest BCUT2D eigenvalue weighted by Gasteiger charge is -2.28. The fourth-order valence-electron chi connectivity index (χ4n) is 5.00. The van der Waals surface area contributed by atoms with Crippen molar-refractivity contribution in [2.75, 3.05) is 13.2 Å². The minimum atomic E-state index is 0.187. The van der Waals surface area contributed by atoms with Crippen molar-refractivity contribution in [3.63, 3.8) is 0 Å². The molecule has 1 aliphatic rings. The van der Waals surface area contributed by atoms with Gasteiger partial charge in [-0.15, -0.1) is 0 Å². The van der Waals surface area contributed by atoms with E-state index in [4.69, 9.17) is 4.74 Å². The van der Waals surface area contributed by atoms with Crippen molar-refractivity contribution < 1.29 is 9.84 Å². The Balaban J connectivity index is 1.64. The van der Waals surface area contributed by atoms with Gasteiger partial charge in [0.1, 0.15) is 0 Å². The fraction of sp³-hybridized carbons (Fsp3) is 0.571. The number of ether oxygens (including phenoxy) is 1. The molecule has 3 heteroatoms. The maximum Gasteiger partial charge on any atom is 0.0776 e. The molecule has 1 fully saturated rings. The van der Waals surface area contributed by atoms with Crippen molar-refractivity contribution in [3.05, 3.63) is 71.8 Å². The monoisotopic (exact) mass is 423 g/mol. The van der Waals surface area contributed by atoms with Crippen LogP contribution in [0.2, 0.25) is 0 Å². The van der Waals surface area contributed by atoms with E-state index in [1.165, 1.54) is 56.1 Å². The van der Waals surface area contributed by atoms with Crippen LogP contribution in [0.5, 0.6) is 0 Å². The zero-order chi connectivity index (χ0) is 21.7. The molecular weight excluding hydrogens is 382 g/mol. The van der Waals surface area contributed by atoms with Gasteiger partial charge in [-0.25, -0.2) is 0 Å². The van der Waals surface area contributed by atoms with E-state index in [2.05, 4.69) is 72.5 Å². The smallest absolute Gasteiger partial charge is 0.0776 e. The minimum Gasteiger partial charge on any atom is -0.396 e. The van der Waals surface area contributed by atoms with Crippen molar-refractivity contribution in [2.24, 2.45) is 5.92 Å². The Morgan fingerprint density at radius 3 is 2.16 bits per heavy atom. The van der Waals surface area contributed by atoms with Gasteiger partial charge in [0.25, 0.3) is 0 Å². The fourth-order valence-corrected chi connectivity index (χ4v) is 5.00. The van der Waals surface area contributed by atoms with E-state index < -0.39 is 0 Å². The van der Waals surface area contributed by atoms with Crippen LogP contribution in [0.4, 0.5) is 0 Å². The highest BCUT2D eigenvalue weighted by Crippen LogP contribution is 2.34. The summed E-state index contributed by atoms with van der Waals surface area (Å²) in [6.07, 6.45) is 10.2. The molecule has 1 heterocycles. The van der Waals surface area contributed by atoms with Crippen LogP contribution in [0.15, 0.2) is 60.7 Å². The molecule has 170 valence electrons. The van der Waals surface area contributed by atoms with Crippen LogP contribution < -0.4 is 0 Å². The van der Waals surface area contributed by atoms with E-state index in [1.54, 1.807) is 0 Å². The Kier molecular flexibility index (Phi) is 10.6. The molecule has 0 radical (unpaired) electrons. The number of likely N-dealkylation sites (tertiary alicyclic amines) is 1. The predicted molar refractivity (Wildman–Crippen MR) is 129 cm³/mol. The second-order valence-electron chi connectivity index (χ2n) is 9.07. The standard InChI is InChI=1S/C28H41NO2/c1-2-3-4-5-6-13-18-26-22-29(21-24-14-9-7-10-15-24)27(19-20-30)28(26)31-23-25-16-11-8-12-17-25/h7-12,14-17,26-28,30H,2-6,13,18-23H2,1H3/t26-,27-,28+/m0/s1. The molecule has 0 spiro atoms. The quantitative estimate of drug-likeness (QED) is 0.367. The molecule has 3 atom stereocenters. The van der Waals surface area contributed by atoms with Gasteiger partial charge < -0.3 is 9.84 Å². The van der Waals surface area contributed by atoms with Crippen LogP contribution in [0.25, 0.3) is 0 Å².